The van der Waals surface area contributed by atoms with Gasteiger partial charge in [0, 0.05) is 30.6 Å². The van der Waals surface area contributed by atoms with Crippen LogP contribution in [0.3, 0.4) is 0 Å². The Morgan fingerprint density at radius 2 is 1.59 bits per heavy atom. The van der Waals surface area contributed by atoms with Gasteiger partial charge in [-0.25, -0.2) is 0 Å². The Balaban J connectivity index is 0.938. The predicted octanol–water partition coefficient (Wildman–Crippen LogP) is 9.61. The zero-order valence-electron chi connectivity index (χ0n) is 33.0. The molecular weight excluding hydrogens is 703 g/mol. The first kappa shape index (κ1) is 37.3. The molecule has 2 aromatic rings. The fourth-order valence-electron chi connectivity index (χ4n) is 16.5. The molecule has 2 saturated heterocycles. The molecule has 6 heteroatoms. The number of hydrogen-bond acceptors (Lipinski definition) is 6. The number of nitrogens with zero attached hydrogens (tertiary/aromatic N) is 1. The van der Waals surface area contributed by atoms with Crippen molar-refractivity contribution in [2.24, 2.45) is 70.5 Å². The van der Waals surface area contributed by atoms with Crippen molar-refractivity contribution in [2.45, 2.75) is 133 Å². The molecular formula is C48H67NO3S2. The van der Waals surface area contributed by atoms with Crippen molar-refractivity contribution in [1.82, 2.24) is 4.90 Å². The van der Waals surface area contributed by atoms with Crippen molar-refractivity contribution in [2.75, 3.05) is 18.8 Å². The Hall–Kier alpha value is -1.02. The fourth-order valence-corrected chi connectivity index (χ4v) is 19.0. The van der Waals surface area contributed by atoms with Gasteiger partial charge in [0.2, 0.25) is 0 Å². The molecule has 17 atom stereocenters. The highest BCUT2D eigenvalue weighted by Gasteiger charge is 2.70. The molecule has 5 saturated carbocycles. The zero-order valence-corrected chi connectivity index (χ0v) is 34.6. The van der Waals surface area contributed by atoms with Gasteiger partial charge in [0.15, 0.2) is 0 Å². The van der Waals surface area contributed by atoms with E-state index in [0.29, 0.717) is 65.1 Å². The number of piperidine rings is 2. The van der Waals surface area contributed by atoms with Crippen LogP contribution in [0.5, 0.6) is 0 Å². The van der Waals surface area contributed by atoms with Crippen molar-refractivity contribution in [3.05, 3.63) is 71.3 Å². The normalized spacial score (nSPS) is 48.7. The average molecular weight is 770 g/mol. The Bertz CT molecular complexity index is 1640. The molecule has 3 heterocycles. The number of rotatable bonds is 3. The zero-order chi connectivity index (χ0) is 36.8. The lowest BCUT2D eigenvalue weighted by Crippen LogP contribution is -2.70. The van der Waals surface area contributed by atoms with E-state index in [2.05, 4.69) is 94.9 Å². The lowest BCUT2D eigenvalue weighted by molar-refractivity contribution is -0.193. The molecule has 0 unspecified atom stereocenters. The van der Waals surface area contributed by atoms with E-state index >= 15 is 0 Å². The minimum Gasteiger partial charge on any atom is -0.393 e. The lowest BCUT2D eigenvalue weighted by Gasteiger charge is -2.62. The summed E-state index contributed by atoms with van der Waals surface area (Å²) in [5, 5.41) is 36.0. The summed E-state index contributed by atoms with van der Waals surface area (Å²) in [6, 6.07) is 20.7. The molecule has 4 nitrogen and oxygen atoms in total. The van der Waals surface area contributed by atoms with Gasteiger partial charge in [-0.15, -0.1) is 0 Å². The van der Waals surface area contributed by atoms with Crippen LogP contribution in [0.2, 0.25) is 0 Å². The molecule has 0 aromatic heterocycles. The van der Waals surface area contributed by atoms with Crippen molar-refractivity contribution < 1.29 is 15.3 Å². The Morgan fingerprint density at radius 1 is 0.759 bits per heavy atom. The van der Waals surface area contributed by atoms with Crippen LogP contribution in [-0.4, -0.2) is 62.9 Å². The van der Waals surface area contributed by atoms with E-state index in [0.717, 1.165) is 50.2 Å². The topological polar surface area (TPSA) is 63.9 Å². The van der Waals surface area contributed by atoms with Crippen molar-refractivity contribution >= 4 is 21.6 Å². The second-order valence-electron chi connectivity index (χ2n) is 20.5. The number of aryl methyl sites for hydroxylation is 1. The summed E-state index contributed by atoms with van der Waals surface area (Å²) >= 11 is 0. The maximum Gasteiger partial charge on any atom is 0.0808 e. The summed E-state index contributed by atoms with van der Waals surface area (Å²) < 4.78 is 0. The maximum absolute atomic E-state index is 13.1. The van der Waals surface area contributed by atoms with Crippen LogP contribution in [0.15, 0.2) is 54.6 Å². The predicted molar refractivity (Wildman–Crippen MR) is 223 cm³/mol. The Kier molecular flexibility index (Phi) is 10.1. The minimum atomic E-state index is -0.668. The molecule has 2 aromatic carbocycles. The molecule has 0 spiro atoms. The highest BCUT2D eigenvalue weighted by molar-refractivity contribution is 8.76. The van der Waals surface area contributed by atoms with Gasteiger partial charge in [-0.2, -0.15) is 0 Å². The van der Waals surface area contributed by atoms with Crippen LogP contribution in [-0.2, 0) is 12.2 Å². The van der Waals surface area contributed by atoms with Gasteiger partial charge in [-0.05, 0) is 177 Å². The molecule has 0 radical (unpaired) electrons. The fraction of sp³-hybridized carbons (Fsp3) is 0.750. The number of aliphatic hydroxyl groups is 3. The number of fused-ring (bicyclic) bond motifs is 10. The van der Waals surface area contributed by atoms with E-state index in [1.807, 2.05) is 0 Å². The van der Waals surface area contributed by atoms with Crippen LogP contribution in [0.1, 0.15) is 114 Å². The summed E-state index contributed by atoms with van der Waals surface area (Å²) in [6.07, 6.45) is 14.6. The third-order valence-electron chi connectivity index (χ3n) is 18.2. The number of hydrogen-bond donors (Lipinski definition) is 3. The van der Waals surface area contributed by atoms with Gasteiger partial charge in [0.05, 0.1) is 17.8 Å². The second kappa shape index (κ2) is 14.7. The van der Waals surface area contributed by atoms with E-state index in [9.17, 15) is 15.3 Å². The molecule has 3 aliphatic heterocycles. The van der Waals surface area contributed by atoms with E-state index in [-0.39, 0.29) is 29.6 Å². The SMILES string of the molecule is C[C@@]1(O)[C@@H]2[C@H]3CSSCc4ccccc4[C@@H](CCc4ccccc4)CC[C@H](C3)CN2C[C@@H]2[C@@H]3[C@H](CC[C@@H]21)[C@@H]1C[C@H](O)[C@H]2C[C@@H](O)C[C@@H]4CCC[C@H]3[C@@H]1[C@@]42C. The van der Waals surface area contributed by atoms with Crippen LogP contribution >= 0.6 is 21.6 Å². The molecule has 7 fully saturated rings. The van der Waals surface area contributed by atoms with Gasteiger partial charge in [0.25, 0.3) is 0 Å². The maximum atomic E-state index is 13.1. The minimum absolute atomic E-state index is 0.145. The first-order chi connectivity index (χ1) is 26.2. The van der Waals surface area contributed by atoms with Gasteiger partial charge in [0.1, 0.15) is 0 Å². The molecule has 2 bridgehead atoms. The third kappa shape index (κ3) is 6.14. The van der Waals surface area contributed by atoms with Gasteiger partial charge < -0.3 is 15.3 Å². The Morgan fingerprint density at radius 3 is 2.46 bits per heavy atom. The summed E-state index contributed by atoms with van der Waals surface area (Å²) in [6.45, 7) is 7.21. The Labute approximate surface area is 333 Å². The molecule has 10 rings (SSSR count). The summed E-state index contributed by atoms with van der Waals surface area (Å²) in [5.74, 6) is 9.10. The summed E-state index contributed by atoms with van der Waals surface area (Å²) in [4.78, 5) is 2.89. The van der Waals surface area contributed by atoms with Gasteiger partial charge in [-0.3, -0.25) is 4.90 Å². The summed E-state index contributed by atoms with van der Waals surface area (Å²) in [5.41, 5.74) is 4.05. The van der Waals surface area contributed by atoms with Crippen LogP contribution in [0, 0.1) is 70.5 Å². The smallest absolute Gasteiger partial charge is 0.0808 e. The van der Waals surface area contributed by atoms with Crippen LogP contribution in [0.25, 0.3) is 0 Å². The standard InChI is InChI=1S/C48H67NO3S2/c1-47-34-12-8-14-38-44-37(39(45(38)47)24-43(51)42(47)23-35(50)22-34)19-20-41-40(44)26-49-25-30-16-18-31(17-15-29-9-4-3-5-10-29)36-13-7-6-11-32(36)27-53-54-28-33(21-30)46(49)48(41,2)52/h3-7,9-11,13,30-31,33-35,37-46,50-52H,8,12,14-28H2,1-2H3/t30-,31+,33-,34+,35+,37-,38-,39+,40+,41+,42-,43+,44-,45+,46+,47+,48+/m1/s1. The summed E-state index contributed by atoms with van der Waals surface area (Å²) in [7, 11) is 4.14. The van der Waals surface area contributed by atoms with E-state index in [1.165, 1.54) is 69.0 Å². The average Bonchev–Trinajstić information content (AvgIpc) is 3.40. The van der Waals surface area contributed by atoms with Gasteiger partial charge in [-0.1, -0.05) is 89.5 Å². The molecule has 294 valence electrons. The van der Waals surface area contributed by atoms with Crippen molar-refractivity contribution in [1.29, 1.82) is 0 Å². The third-order valence-corrected chi connectivity index (χ3v) is 20.6. The van der Waals surface area contributed by atoms with Gasteiger partial charge >= 0.3 is 0 Å². The second-order valence-corrected chi connectivity index (χ2v) is 23.0. The molecule has 5 aliphatic carbocycles. The van der Waals surface area contributed by atoms with E-state index < -0.39 is 5.60 Å². The first-order valence-corrected chi connectivity index (χ1v) is 24.9. The monoisotopic (exact) mass is 769 g/mol. The molecule has 0 amide bonds. The van der Waals surface area contributed by atoms with E-state index in [1.54, 1.807) is 5.56 Å². The quantitative estimate of drug-likeness (QED) is 0.271. The van der Waals surface area contributed by atoms with Crippen molar-refractivity contribution in [3.63, 3.8) is 0 Å². The van der Waals surface area contributed by atoms with E-state index in [4.69, 9.17) is 0 Å². The molecule has 54 heavy (non-hydrogen) atoms. The van der Waals surface area contributed by atoms with Crippen LogP contribution < -0.4 is 0 Å². The number of benzene rings is 2. The highest BCUT2D eigenvalue weighted by Crippen LogP contribution is 2.72. The number of aliphatic hydroxyl groups excluding tert-OH is 2. The van der Waals surface area contributed by atoms with Crippen LogP contribution in [0.4, 0.5) is 0 Å². The van der Waals surface area contributed by atoms with Crippen molar-refractivity contribution in [3.8, 4) is 0 Å². The largest absolute Gasteiger partial charge is 0.393 e. The molecule has 3 N–H and O–H groups in total. The first-order valence-electron chi connectivity index (χ1n) is 22.4. The molecule has 8 aliphatic rings. The lowest BCUT2D eigenvalue weighted by atomic mass is 9.46. The highest BCUT2D eigenvalue weighted by atomic mass is 33.1.